The summed E-state index contributed by atoms with van der Waals surface area (Å²) in [6, 6.07) is 3.14. The van der Waals surface area contributed by atoms with E-state index in [0.717, 1.165) is 0 Å². The van der Waals surface area contributed by atoms with Crippen molar-refractivity contribution in [3.63, 3.8) is 0 Å². The molecule has 1 N–H and O–H groups in total. The monoisotopic (exact) mass is 192 g/mol. The van der Waals surface area contributed by atoms with Crippen LogP contribution in [0.3, 0.4) is 0 Å². The smallest absolute Gasteiger partial charge is 0.101 e. The molecule has 1 heterocycles. The van der Waals surface area contributed by atoms with Crippen LogP contribution in [0.4, 0.5) is 0 Å². The Kier molecular flexibility index (Phi) is 2.78. The molecular weight excluding hydrogens is 172 g/mol. The minimum atomic E-state index is 0.117. The van der Waals surface area contributed by atoms with Gasteiger partial charge in [0.2, 0.25) is 0 Å². The Morgan fingerprint density at radius 3 is 2.57 bits per heavy atom. The Balaban J connectivity index is 2.11. The van der Waals surface area contributed by atoms with E-state index in [1.807, 2.05) is 0 Å². The van der Waals surface area contributed by atoms with Gasteiger partial charge in [-0.3, -0.25) is 5.32 Å². The van der Waals surface area contributed by atoms with Crippen molar-refractivity contribution >= 4 is 0 Å². The van der Waals surface area contributed by atoms with E-state index in [9.17, 15) is 5.26 Å². The lowest BCUT2D eigenvalue weighted by Gasteiger charge is -2.46. The number of hydrogen-bond donors (Lipinski definition) is 1. The van der Waals surface area contributed by atoms with Gasteiger partial charge in [0.1, 0.15) is 6.04 Å². The standard InChI is InChI=1S/C12H20N2/c1-10-5-8-12(11(9-13)14-10)6-3-2-4-7-12/h10-11,14H,2-8H2,1H3. The minimum Gasteiger partial charge on any atom is -0.299 e. The van der Waals surface area contributed by atoms with Crippen molar-refractivity contribution in [1.29, 1.82) is 5.26 Å². The number of nitrogens with one attached hydrogen (secondary N) is 1. The van der Waals surface area contributed by atoms with E-state index < -0.39 is 0 Å². The lowest BCUT2D eigenvalue weighted by Crippen LogP contribution is -2.53. The summed E-state index contributed by atoms with van der Waals surface area (Å²) >= 11 is 0. The van der Waals surface area contributed by atoms with Crippen molar-refractivity contribution in [2.24, 2.45) is 5.41 Å². The lowest BCUT2D eigenvalue weighted by atomic mass is 9.64. The normalized spacial score (nSPS) is 36.6. The highest BCUT2D eigenvalue weighted by molar-refractivity contribution is 5.08. The van der Waals surface area contributed by atoms with Gasteiger partial charge in [0.15, 0.2) is 0 Å². The van der Waals surface area contributed by atoms with Crippen LogP contribution in [0.5, 0.6) is 0 Å². The molecule has 2 fully saturated rings. The third-order valence-corrected chi connectivity index (χ3v) is 4.12. The van der Waals surface area contributed by atoms with Crippen molar-refractivity contribution in [2.75, 3.05) is 0 Å². The zero-order chi connectivity index (χ0) is 10.0. The zero-order valence-electron chi connectivity index (χ0n) is 9.05. The highest BCUT2D eigenvalue weighted by Crippen LogP contribution is 2.45. The van der Waals surface area contributed by atoms with Crippen LogP contribution in [-0.2, 0) is 0 Å². The van der Waals surface area contributed by atoms with E-state index in [0.29, 0.717) is 11.5 Å². The maximum Gasteiger partial charge on any atom is 0.101 e. The fraction of sp³-hybridized carbons (Fsp3) is 0.917. The molecule has 14 heavy (non-hydrogen) atoms. The Labute approximate surface area is 86.7 Å². The highest BCUT2D eigenvalue weighted by Gasteiger charge is 2.42. The maximum absolute atomic E-state index is 9.21. The summed E-state index contributed by atoms with van der Waals surface area (Å²) in [6.07, 6.45) is 9.07. The van der Waals surface area contributed by atoms with E-state index in [1.165, 1.54) is 44.9 Å². The molecule has 2 rings (SSSR count). The van der Waals surface area contributed by atoms with Crippen LogP contribution < -0.4 is 5.32 Å². The first-order chi connectivity index (χ1) is 6.77. The molecule has 0 amide bonds. The quantitative estimate of drug-likeness (QED) is 0.640. The van der Waals surface area contributed by atoms with Crippen molar-refractivity contribution in [2.45, 2.75) is 64.0 Å². The Morgan fingerprint density at radius 1 is 1.21 bits per heavy atom. The van der Waals surface area contributed by atoms with Gasteiger partial charge in [-0.2, -0.15) is 5.26 Å². The minimum absolute atomic E-state index is 0.117. The SMILES string of the molecule is CC1CCC2(CCCCC2)C(C#N)N1. The highest BCUT2D eigenvalue weighted by atomic mass is 15.0. The van der Waals surface area contributed by atoms with Crippen LogP contribution in [0.15, 0.2) is 0 Å². The van der Waals surface area contributed by atoms with Crippen molar-refractivity contribution in [1.82, 2.24) is 5.32 Å². The molecule has 1 aliphatic heterocycles. The summed E-state index contributed by atoms with van der Waals surface area (Å²) < 4.78 is 0. The molecule has 0 aromatic carbocycles. The predicted octanol–water partition coefficient (Wildman–Crippen LogP) is 2.60. The molecule has 2 unspecified atom stereocenters. The number of piperidine rings is 1. The Morgan fingerprint density at radius 2 is 1.93 bits per heavy atom. The van der Waals surface area contributed by atoms with Crippen LogP contribution in [0, 0.1) is 16.7 Å². The summed E-state index contributed by atoms with van der Waals surface area (Å²) in [5, 5.41) is 12.7. The van der Waals surface area contributed by atoms with Gasteiger partial charge in [0.25, 0.3) is 0 Å². The van der Waals surface area contributed by atoms with E-state index >= 15 is 0 Å². The summed E-state index contributed by atoms with van der Waals surface area (Å²) in [6.45, 7) is 2.19. The first-order valence-corrected chi connectivity index (χ1v) is 5.92. The third-order valence-electron chi connectivity index (χ3n) is 4.12. The van der Waals surface area contributed by atoms with Crippen molar-refractivity contribution in [3.8, 4) is 6.07 Å². The molecule has 78 valence electrons. The van der Waals surface area contributed by atoms with E-state index in [2.05, 4.69) is 18.3 Å². The van der Waals surface area contributed by atoms with Crippen LogP contribution in [-0.4, -0.2) is 12.1 Å². The largest absolute Gasteiger partial charge is 0.299 e. The van der Waals surface area contributed by atoms with Gasteiger partial charge >= 0.3 is 0 Å². The van der Waals surface area contributed by atoms with Gasteiger partial charge < -0.3 is 0 Å². The molecule has 0 bridgehead atoms. The average molecular weight is 192 g/mol. The number of nitrogens with zero attached hydrogens (tertiary/aromatic N) is 1. The number of nitriles is 1. The summed E-state index contributed by atoms with van der Waals surface area (Å²) in [7, 11) is 0. The van der Waals surface area contributed by atoms with Crippen molar-refractivity contribution < 1.29 is 0 Å². The number of rotatable bonds is 0. The molecule has 1 saturated heterocycles. The molecule has 0 aromatic rings. The molecule has 2 aliphatic rings. The second-order valence-corrected chi connectivity index (χ2v) is 5.09. The van der Waals surface area contributed by atoms with Gasteiger partial charge in [-0.25, -0.2) is 0 Å². The van der Waals surface area contributed by atoms with Gasteiger partial charge in [0, 0.05) is 6.04 Å². The maximum atomic E-state index is 9.21. The molecule has 2 nitrogen and oxygen atoms in total. The van der Waals surface area contributed by atoms with Gasteiger partial charge in [0.05, 0.1) is 6.07 Å². The molecule has 2 atom stereocenters. The van der Waals surface area contributed by atoms with Crippen LogP contribution in [0.25, 0.3) is 0 Å². The third kappa shape index (κ3) is 1.66. The van der Waals surface area contributed by atoms with Gasteiger partial charge in [-0.15, -0.1) is 0 Å². The Bertz CT molecular complexity index is 235. The first-order valence-electron chi connectivity index (χ1n) is 5.92. The fourth-order valence-electron chi connectivity index (χ4n) is 3.16. The lowest BCUT2D eigenvalue weighted by molar-refractivity contribution is 0.0911. The van der Waals surface area contributed by atoms with Gasteiger partial charge in [-0.1, -0.05) is 19.3 Å². The van der Waals surface area contributed by atoms with E-state index in [1.54, 1.807) is 0 Å². The number of hydrogen-bond acceptors (Lipinski definition) is 2. The van der Waals surface area contributed by atoms with E-state index in [-0.39, 0.29) is 6.04 Å². The Hall–Kier alpha value is -0.550. The molecule has 0 aromatic heterocycles. The summed E-state index contributed by atoms with van der Waals surface area (Å²) in [5.74, 6) is 0. The molecule has 2 heteroatoms. The van der Waals surface area contributed by atoms with Crippen LogP contribution >= 0.6 is 0 Å². The van der Waals surface area contributed by atoms with Crippen LogP contribution in [0.2, 0.25) is 0 Å². The molecule has 0 radical (unpaired) electrons. The molecule has 1 saturated carbocycles. The zero-order valence-corrected chi connectivity index (χ0v) is 9.05. The summed E-state index contributed by atoms with van der Waals surface area (Å²) in [4.78, 5) is 0. The fourth-order valence-corrected chi connectivity index (χ4v) is 3.16. The van der Waals surface area contributed by atoms with E-state index in [4.69, 9.17) is 0 Å². The predicted molar refractivity (Wildman–Crippen MR) is 56.8 cm³/mol. The molecular formula is C12H20N2. The average Bonchev–Trinajstić information content (AvgIpc) is 2.23. The molecule has 1 spiro atoms. The van der Waals surface area contributed by atoms with Crippen LogP contribution in [0.1, 0.15) is 51.9 Å². The van der Waals surface area contributed by atoms with Crippen molar-refractivity contribution in [3.05, 3.63) is 0 Å². The second-order valence-electron chi connectivity index (χ2n) is 5.09. The first kappa shape index (κ1) is 9.98. The molecule has 1 aliphatic carbocycles. The topological polar surface area (TPSA) is 35.8 Å². The summed E-state index contributed by atoms with van der Waals surface area (Å²) in [5.41, 5.74) is 0.333. The van der Waals surface area contributed by atoms with Gasteiger partial charge in [-0.05, 0) is 38.0 Å². The second kappa shape index (κ2) is 3.90.